The van der Waals surface area contributed by atoms with Gasteiger partial charge in [0.2, 0.25) is 10.0 Å². The number of sulfonamides is 1. The first-order valence-corrected chi connectivity index (χ1v) is 12.4. The zero-order valence-corrected chi connectivity index (χ0v) is 19.5. The van der Waals surface area contributed by atoms with Crippen LogP contribution in [0.1, 0.15) is 25.3 Å². The molecule has 1 heterocycles. The third-order valence-corrected chi connectivity index (χ3v) is 6.64. The van der Waals surface area contributed by atoms with Crippen LogP contribution in [-0.2, 0) is 14.8 Å². The molecule has 1 N–H and O–H groups in total. The van der Waals surface area contributed by atoms with Crippen LogP contribution in [0.3, 0.4) is 0 Å². The molecular formula is C22H25N3O4S2. The molecule has 0 aliphatic heterocycles. The average molecular weight is 460 g/mol. The van der Waals surface area contributed by atoms with E-state index in [9.17, 15) is 13.2 Å². The van der Waals surface area contributed by atoms with Crippen molar-refractivity contribution < 1.29 is 17.9 Å². The second-order valence-electron chi connectivity index (χ2n) is 7.34. The van der Waals surface area contributed by atoms with Gasteiger partial charge in [0.1, 0.15) is 5.75 Å². The van der Waals surface area contributed by atoms with Crippen molar-refractivity contribution >= 4 is 38.1 Å². The zero-order valence-electron chi connectivity index (χ0n) is 17.8. The summed E-state index contributed by atoms with van der Waals surface area (Å²) >= 11 is 1.31. The lowest BCUT2D eigenvalue weighted by Gasteiger charge is -2.16. The number of carbonyl (C=O) groups is 1. The number of thiazole rings is 1. The van der Waals surface area contributed by atoms with Crippen molar-refractivity contribution in [1.29, 1.82) is 0 Å². The third-order valence-electron chi connectivity index (χ3n) is 4.67. The quantitative estimate of drug-likeness (QED) is 0.541. The number of hydrogen-bond acceptors (Lipinski definition) is 6. The van der Waals surface area contributed by atoms with Crippen molar-refractivity contribution in [2.45, 2.75) is 19.8 Å². The van der Waals surface area contributed by atoms with Crippen molar-refractivity contribution in [3.05, 3.63) is 59.5 Å². The molecule has 0 bridgehead atoms. The van der Waals surface area contributed by atoms with Gasteiger partial charge in [0.05, 0.1) is 17.6 Å². The Morgan fingerprint density at radius 1 is 1.16 bits per heavy atom. The lowest BCUT2D eigenvalue weighted by Crippen LogP contribution is -2.24. The number of para-hydroxylation sites is 1. The number of anilines is 2. The summed E-state index contributed by atoms with van der Waals surface area (Å²) in [5.74, 6) is 0.709. The largest absolute Gasteiger partial charge is 0.483 e. The number of ether oxygens (including phenoxy) is 1. The Bertz CT molecular complexity index is 1160. The molecule has 3 rings (SSSR count). The molecule has 164 valence electrons. The zero-order chi connectivity index (χ0) is 22.6. The molecule has 1 aromatic heterocycles. The maximum Gasteiger partial charge on any atom is 0.264 e. The first-order chi connectivity index (χ1) is 14.6. The van der Waals surface area contributed by atoms with Gasteiger partial charge in [0.15, 0.2) is 11.7 Å². The number of hydrogen-bond donors (Lipinski definition) is 1. The fourth-order valence-electron chi connectivity index (χ4n) is 2.88. The van der Waals surface area contributed by atoms with E-state index in [2.05, 4.69) is 24.1 Å². The minimum Gasteiger partial charge on any atom is -0.483 e. The molecule has 9 heteroatoms. The topological polar surface area (TPSA) is 88.6 Å². The van der Waals surface area contributed by atoms with E-state index in [1.54, 1.807) is 24.3 Å². The van der Waals surface area contributed by atoms with Gasteiger partial charge in [-0.15, -0.1) is 11.3 Å². The average Bonchev–Trinajstić information content (AvgIpc) is 3.19. The van der Waals surface area contributed by atoms with Crippen molar-refractivity contribution in [1.82, 2.24) is 4.98 Å². The number of nitrogens with one attached hydrogen (secondary N) is 1. The molecular weight excluding hydrogens is 434 g/mol. The lowest BCUT2D eigenvalue weighted by atomic mass is 10.0. The van der Waals surface area contributed by atoms with E-state index in [0.29, 0.717) is 28.2 Å². The SMILES string of the molecule is CC(C)c1ccccc1OCC(=O)Nc1nc(-c2ccc(N(C)S(C)(=O)=O)cc2)cs1. The third kappa shape index (κ3) is 5.83. The van der Waals surface area contributed by atoms with Crippen LogP contribution in [0.4, 0.5) is 10.8 Å². The highest BCUT2D eigenvalue weighted by atomic mass is 32.2. The summed E-state index contributed by atoms with van der Waals surface area (Å²) in [7, 11) is -1.81. The lowest BCUT2D eigenvalue weighted by molar-refractivity contribution is -0.118. The minimum absolute atomic E-state index is 0.106. The predicted molar refractivity (Wildman–Crippen MR) is 125 cm³/mol. The Hall–Kier alpha value is -2.91. The number of amides is 1. The van der Waals surface area contributed by atoms with Crippen LogP contribution in [0.15, 0.2) is 53.9 Å². The Morgan fingerprint density at radius 2 is 1.84 bits per heavy atom. The van der Waals surface area contributed by atoms with Crippen LogP contribution in [0.5, 0.6) is 5.75 Å². The number of aromatic nitrogens is 1. The Kier molecular flexibility index (Phi) is 6.97. The second-order valence-corrected chi connectivity index (χ2v) is 10.2. The molecule has 0 saturated heterocycles. The smallest absolute Gasteiger partial charge is 0.264 e. The number of rotatable bonds is 8. The second kappa shape index (κ2) is 9.49. The van der Waals surface area contributed by atoms with Crippen LogP contribution in [0, 0.1) is 0 Å². The predicted octanol–water partition coefficient (Wildman–Crippen LogP) is 4.35. The molecule has 0 radical (unpaired) electrons. The summed E-state index contributed by atoms with van der Waals surface area (Å²) in [6.45, 7) is 4.04. The molecule has 3 aromatic rings. The van der Waals surface area contributed by atoms with Crippen molar-refractivity contribution in [2.75, 3.05) is 29.5 Å². The van der Waals surface area contributed by atoms with E-state index < -0.39 is 10.0 Å². The molecule has 0 aliphatic rings. The maximum absolute atomic E-state index is 12.3. The Labute approximate surface area is 186 Å². The van der Waals surface area contributed by atoms with E-state index in [1.807, 2.05) is 29.6 Å². The molecule has 7 nitrogen and oxygen atoms in total. The highest BCUT2D eigenvalue weighted by Gasteiger charge is 2.14. The molecule has 0 atom stereocenters. The van der Waals surface area contributed by atoms with Gasteiger partial charge >= 0.3 is 0 Å². The van der Waals surface area contributed by atoms with E-state index in [0.717, 1.165) is 17.4 Å². The van der Waals surface area contributed by atoms with Gasteiger partial charge in [-0.2, -0.15) is 0 Å². The Morgan fingerprint density at radius 3 is 2.48 bits per heavy atom. The molecule has 0 spiro atoms. The number of benzene rings is 2. The van der Waals surface area contributed by atoms with Crippen molar-refractivity contribution in [3.63, 3.8) is 0 Å². The molecule has 0 fully saturated rings. The van der Waals surface area contributed by atoms with Crippen LogP contribution >= 0.6 is 11.3 Å². The summed E-state index contributed by atoms with van der Waals surface area (Å²) in [6, 6.07) is 14.7. The maximum atomic E-state index is 12.3. The van der Waals surface area contributed by atoms with Gasteiger partial charge in [0.25, 0.3) is 5.91 Å². The summed E-state index contributed by atoms with van der Waals surface area (Å²) < 4.78 is 30.2. The van der Waals surface area contributed by atoms with Gasteiger partial charge in [0, 0.05) is 18.0 Å². The van der Waals surface area contributed by atoms with Crippen LogP contribution in [0.2, 0.25) is 0 Å². The van der Waals surface area contributed by atoms with Crippen LogP contribution in [0.25, 0.3) is 11.3 Å². The van der Waals surface area contributed by atoms with Gasteiger partial charge in [-0.25, -0.2) is 13.4 Å². The summed E-state index contributed by atoms with van der Waals surface area (Å²) in [4.78, 5) is 16.7. The highest BCUT2D eigenvalue weighted by Crippen LogP contribution is 2.28. The van der Waals surface area contributed by atoms with Crippen LogP contribution in [-0.4, -0.2) is 39.2 Å². The number of nitrogens with zero attached hydrogens (tertiary/aromatic N) is 2. The van der Waals surface area contributed by atoms with Gasteiger partial charge in [-0.3, -0.25) is 14.4 Å². The van der Waals surface area contributed by atoms with Gasteiger partial charge in [-0.1, -0.05) is 44.2 Å². The highest BCUT2D eigenvalue weighted by molar-refractivity contribution is 7.92. The van der Waals surface area contributed by atoms with E-state index in [1.165, 1.54) is 22.7 Å². The van der Waals surface area contributed by atoms with Gasteiger partial charge < -0.3 is 4.74 Å². The van der Waals surface area contributed by atoms with Gasteiger partial charge in [-0.05, 0) is 29.7 Å². The summed E-state index contributed by atoms with van der Waals surface area (Å²) in [5.41, 5.74) is 3.13. The van der Waals surface area contributed by atoms with E-state index in [-0.39, 0.29) is 12.5 Å². The molecule has 1 amide bonds. The van der Waals surface area contributed by atoms with Crippen molar-refractivity contribution in [2.24, 2.45) is 0 Å². The van der Waals surface area contributed by atoms with Crippen molar-refractivity contribution in [3.8, 4) is 17.0 Å². The first kappa shape index (κ1) is 22.8. The number of carbonyl (C=O) groups excluding carboxylic acids is 1. The molecule has 2 aromatic carbocycles. The van der Waals surface area contributed by atoms with Crippen LogP contribution < -0.4 is 14.4 Å². The van der Waals surface area contributed by atoms with E-state index in [4.69, 9.17) is 4.74 Å². The minimum atomic E-state index is -3.32. The monoisotopic (exact) mass is 459 g/mol. The van der Waals surface area contributed by atoms with E-state index >= 15 is 0 Å². The summed E-state index contributed by atoms with van der Waals surface area (Å²) in [6.07, 6.45) is 1.15. The molecule has 31 heavy (non-hydrogen) atoms. The molecule has 0 aliphatic carbocycles. The first-order valence-electron chi connectivity index (χ1n) is 9.66. The summed E-state index contributed by atoms with van der Waals surface area (Å²) in [5, 5.41) is 5.06. The standard InChI is InChI=1S/C22H25N3O4S2/c1-15(2)18-7-5-6-8-20(18)29-13-21(26)24-22-23-19(14-30-22)16-9-11-17(12-10-16)25(3)31(4,27)28/h5-12,14-15H,13H2,1-4H3,(H,23,24,26). The normalized spacial score (nSPS) is 11.4. The fourth-order valence-corrected chi connectivity index (χ4v) is 4.13. The molecule has 0 unspecified atom stereocenters. The molecule has 0 saturated carbocycles. The fraction of sp³-hybridized carbons (Fsp3) is 0.273. The Balaban J connectivity index is 1.62.